The van der Waals surface area contributed by atoms with Gasteiger partial charge in [-0.1, -0.05) is 29.3 Å². The largest absolute Gasteiger partial charge is 0.486 e. The van der Waals surface area contributed by atoms with Crippen molar-refractivity contribution >= 4 is 35.1 Å². The minimum atomic E-state index is -0.608. The molecule has 142 valence electrons. The number of hydrogen-bond acceptors (Lipinski definition) is 5. The van der Waals surface area contributed by atoms with Crippen molar-refractivity contribution < 1.29 is 23.8 Å². The van der Waals surface area contributed by atoms with Gasteiger partial charge in [0.2, 0.25) is 0 Å². The van der Waals surface area contributed by atoms with Crippen molar-refractivity contribution in [2.24, 2.45) is 0 Å². The molecule has 0 fully saturated rings. The van der Waals surface area contributed by atoms with Gasteiger partial charge in [0.15, 0.2) is 18.1 Å². The zero-order valence-electron chi connectivity index (χ0n) is 14.3. The highest BCUT2D eigenvalue weighted by molar-refractivity contribution is 6.35. The number of hydrogen-bond donors (Lipinski definition) is 1. The van der Waals surface area contributed by atoms with Gasteiger partial charge in [0.1, 0.15) is 13.2 Å². The average molecular weight is 410 g/mol. The monoisotopic (exact) mass is 409 g/mol. The SMILES string of the molecule is O=C(COC(=O)c1ccc2c(c1)OCCO2)NCCc1ccc(Cl)cc1Cl. The Labute approximate surface area is 166 Å². The van der Waals surface area contributed by atoms with E-state index in [0.29, 0.717) is 53.3 Å². The van der Waals surface area contributed by atoms with Gasteiger partial charge in [-0.15, -0.1) is 0 Å². The van der Waals surface area contributed by atoms with Gasteiger partial charge >= 0.3 is 5.97 Å². The Bertz CT molecular complexity index is 856. The summed E-state index contributed by atoms with van der Waals surface area (Å²) in [7, 11) is 0. The van der Waals surface area contributed by atoms with Gasteiger partial charge in [-0.25, -0.2) is 4.79 Å². The third kappa shape index (κ3) is 5.28. The summed E-state index contributed by atoms with van der Waals surface area (Å²) in [4.78, 5) is 23.9. The number of carbonyl (C=O) groups excluding carboxylic acids is 2. The van der Waals surface area contributed by atoms with E-state index < -0.39 is 11.9 Å². The molecule has 2 aromatic rings. The molecule has 0 unspecified atom stereocenters. The Morgan fingerprint density at radius 2 is 1.81 bits per heavy atom. The van der Waals surface area contributed by atoms with Crippen LogP contribution in [0.3, 0.4) is 0 Å². The van der Waals surface area contributed by atoms with Crippen LogP contribution in [0.1, 0.15) is 15.9 Å². The zero-order chi connectivity index (χ0) is 19.2. The van der Waals surface area contributed by atoms with Crippen molar-refractivity contribution in [3.05, 3.63) is 57.6 Å². The summed E-state index contributed by atoms with van der Waals surface area (Å²) in [5.74, 6) is 0.0604. The Hall–Kier alpha value is -2.44. The molecule has 1 heterocycles. The van der Waals surface area contributed by atoms with Gasteiger partial charge in [-0.05, 0) is 42.3 Å². The maximum Gasteiger partial charge on any atom is 0.338 e. The smallest absolute Gasteiger partial charge is 0.338 e. The van der Waals surface area contributed by atoms with Gasteiger partial charge in [-0.3, -0.25) is 4.79 Å². The molecule has 27 heavy (non-hydrogen) atoms. The molecule has 0 atom stereocenters. The maximum absolute atomic E-state index is 12.1. The first kappa shape index (κ1) is 19.3. The number of ether oxygens (including phenoxy) is 3. The standard InChI is InChI=1S/C19H17Cl2NO5/c20-14-3-1-12(15(21)10-14)5-6-22-18(23)11-27-19(24)13-2-4-16-17(9-13)26-8-7-25-16/h1-4,9-10H,5-8,11H2,(H,22,23). The number of fused-ring (bicyclic) bond motifs is 1. The van der Waals surface area contributed by atoms with Crippen LogP contribution in [0.2, 0.25) is 10.0 Å². The van der Waals surface area contributed by atoms with Crippen molar-refractivity contribution in [2.75, 3.05) is 26.4 Å². The maximum atomic E-state index is 12.1. The van der Waals surface area contributed by atoms with E-state index in [9.17, 15) is 9.59 Å². The lowest BCUT2D eigenvalue weighted by Gasteiger charge is -2.18. The topological polar surface area (TPSA) is 73.9 Å². The number of carbonyl (C=O) groups is 2. The summed E-state index contributed by atoms with van der Waals surface area (Å²) < 4.78 is 15.8. The van der Waals surface area contributed by atoms with Crippen LogP contribution in [0.4, 0.5) is 0 Å². The van der Waals surface area contributed by atoms with Crippen molar-refractivity contribution in [2.45, 2.75) is 6.42 Å². The van der Waals surface area contributed by atoms with E-state index in [1.165, 1.54) is 6.07 Å². The summed E-state index contributed by atoms with van der Waals surface area (Å²) in [5.41, 5.74) is 1.16. The molecule has 3 rings (SSSR count). The highest BCUT2D eigenvalue weighted by Gasteiger charge is 2.16. The van der Waals surface area contributed by atoms with Crippen LogP contribution in [-0.2, 0) is 16.0 Å². The first-order chi connectivity index (χ1) is 13.0. The van der Waals surface area contributed by atoms with Gasteiger partial charge in [0.25, 0.3) is 5.91 Å². The third-order valence-electron chi connectivity index (χ3n) is 3.84. The van der Waals surface area contributed by atoms with E-state index in [-0.39, 0.29) is 6.61 Å². The molecule has 0 saturated carbocycles. The van der Waals surface area contributed by atoms with E-state index in [4.69, 9.17) is 37.4 Å². The van der Waals surface area contributed by atoms with Gasteiger partial charge in [-0.2, -0.15) is 0 Å². The predicted octanol–water partition coefficient (Wildman–Crippen LogP) is 3.28. The number of benzene rings is 2. The first-order valence-electron chi connectivity index (χ1n) is 8.30. The second-order valence-corrected chi connectivity index (χ2v) is 6.61. The van der Waals surface area contributed by atoms with Crippen LogP contribution in [0, 0.1) is 0 Å². The number of rotatable bonds is 6. The van der Waals surface area contributed by atoms with Crippen molar-refractivity contribution in [3.8, 4) is 11.5 Å². The Morgan fingerprint density at radius 1 is 1.04 bits per heavy atom. The second kappa shape index (κ2) is 8.97. The van der Waals surface area contributed by atoms with E-state index in [1.54, 1.807) is 30.3 Å². The number of halogens is 2. The lowest BCUT2D eigenvalue weighted by Crippen LogP contribution is -2.30. The summed E-state index contributed by atoms with van der Waals surface area (Å²) in [6, 6.07) is 9.93. The molecule has 0 aromatic heterocycles. The fourth-order valence-electron chi connectivity index (χ4n) is 2.50. The summed E-state index contributed by atoms with van der Waals surface area (Å²) in [6.45, 7) is 0.882. The minimum Gasteiger partial charge on any atom is -0.486 e. The summed E-state index contributed by atoms with van der Waals surface area (Å²) in [5, 5.41) is 3.78. The molecule has 2 aromatic carbocycles. The Kier molecular flexibility index (Phi) is 6.42. The van der Waals surface area contributed by atoms with Crippen LogP contribution >= 0.6 is 23.2 Å². The molecule has 6 nitrogen and oxygen atoms in total. The van der Waals surface area contributed by atoms with E-state index in [0.717, 1.165) is 5.56 Å². The van der Waals surface area contributed by atoms with Crippen LogP contribution in [-0.4, -0.2) is 38.2 Å². The van der Waals surface area contributed by atoms with Crippen LogP contribution in [0.25, 0.3) is 0 Å². The molecule has 0 bridgehead atoms. The van der Waals surface area contributed by atoms with E-state index in [2.05, 4.69) is 5.32 Å². The van der Waals surface area contributed by atoms with E-state index >= 15 is 0 Å². The number of esters is 1. The quantitative estimate of drug-likeness (QED) is 0.740. The molecular formula is C19H17Cl2NO5. The minimum absolute atomic E-state index is 0.292. The summed E-state index contributed by atoms with van der Waals surface area (Å²) >= 11 is 11.9. The van der Waals surface area contributed by atoms with Crippen molar-refractivity contribution in [1.82, 2.24) is 5.32 Å². The molecule has 1 amide bonds. The van der Waals surface area contributed by atoms with Gasteiger partial charge in [0.05, 0.1) is 5.56 Å². The lowest BCUT2D eigenvalue weighted by atomic mass is 10.1. The van der Waals surface area contributed by atoms with Crippen molar-refractivity contribution in [1.29, 1.82) is 0 Å². The fourth-order valence-corrected chi connectivity index (χ4v) is 3.00. The number of nitrogens with one attached hydrogen (secondary N) is 1. The summed E-state index contributed by atoms with van der Waals surface area (Å²) in [6.07, 6.45) is 0.540. The Balaban J connectivity index is 1.44. The molecule has 0 saturated heterocycles. The zero-order valence-corrected chi connectivity index (χ0v) is 15.8. The van der Waals surface area contributed by atoms with Gasteiger partial charge in [0, 0.05) is 16.6 Å². The highest BCUT2D eigenvalue weighted by atomic mass is 35.5. The molecule has 1 aliphatic rings. The molecule has 1 aliphatic heterocycles. The number of amides is 1. The normalized spacial score (nSPS) is 12.4. The van der Waals surface area contributed by atoms with Crippen LogP contribution in [0.15, 0.2) is 36.4 Å². The van der Waals surface area contributed by atoms with Crippen molar-refractivity contribution in [3.63, 3.8) is 0 Å². The van der Waals surface area contributed by atoms with Crippen LogP contribution < -0.4 is 14.8 Å². The molecule has 0 aliphatic carbocycles. The lowest BCUT2D eigenvalue weighted by molar-refractivity contribution is -0.124. The fraction of sp³-hybridized carbons (Fsp3) is 0.263. The van der Waals surface area contributed by atoms with E-state index in [1.807, 2.05) is 0 Å². The molecular weight excluding hydrogens is 393 g/mol. The first-order valence-corrected chi connectivity index (χ1v) is 9.06. The second-order valence-electron chi connectivity index (χ2n) is 5.77. The highest BCUT2D eigenvalue weighted by Crippen LogP contribution is 2.30. The molecule has 1 N–H and O–H groups in total. The molecule has 0 spiro atoms. The van der Waals surface area contributed by atoms with Gasteiger partial charge < -0.3 is 19.5 Å². The third-order valence-corrected chi connectivity index (χ3v) is 4.43. The predicted molar refractivity (Wildman–Crippen MR) is 101 cm³/mol. The Morgan fingerprint density at radius 3 is 2.59 bits per heavy atom. The molecule has 8 heteroatoms. The van der Waals surface area contributed by atoms with Crippen LogP contribution in [0.5, 0.6) is 11.5 Å². The molecule has 0 radical (unpaired) electrons. The average Bonchev–Trinajstić information content (AvgIpc) is 2.67.